The summed E-state index contributed by atoms with van der Waals surface area (Å²) in [6.07, 6.45) is 0. The number of carbonyl (C=O) groups excluding carboxylic acids is 1. The first kappa shape index (κ1) is 17.5. The second kappa shape index (κ2) is 7.00. The van der Waals surface area contributed by atoms with Crippen molar-refractivity contribution in [3.05, 3.63) is 94.2 Å². The largest absolute Gasteiger partial charge is 0.451 e. The summed E-state index contributed by atoms with van der Waals surface area (Å²) in [5.74, 6) is 0.290. The van der Waals surface area contributed by atoms with Crippen LogP contribution in [0.15, 0.2) is 77.2 Å². The normalized spacial score (nSPS) is 10.8. The Bertz CT molecular complexity index is 1200. The lowest BCUT2D eigenvalue weighted by Gasteiger charge is -2.07. The van der Waals surface area contributed by atoms with E-state index in [9.17, 15) is 14.9 Å². The van der Waals surface area contributed by atoms with Crippen LogP contribution in [0.1, 0.15) is 16.1 Å². The number of nitro benzene ring substituents is 1. The molecule has 6 heteroatoms. The lowest BCUT2D eigenvalue weighted by atomic mass is 10.1. The third-order valence-electron chi connectivity index (χ3n) is 4.55. The van der Waals surface area contributed by atoms with Gasteiger partial charge in [-0.05, 0) is 42.1 Å². The van der Waals surface area contributed by atoms with Gasteiger partial charge in [-0.15, -0.1) is 0 Å². The summed E-state index contributed by atoms with van der Waals surface area (Å²) in [7, 11) is 0. The zero-order chi connectivity index (χ0) is 19.7. The van der Waals surface area contributed by atoms with Crippen LogP contribution in [-0.4, -0.2) is 10.8 Å². The van der Waals surface area contributed by atoms with Crippen molar-refractivity contribution in [3.8, 4) is 11.3 Å². The van der Waals surface area contributed by atoms with Crippen LogP contribution < -0.4 is 5.32 Å². The molecule has 1 N–H and O–H groups in total. The Morgan fingerprint density at radius 1 is 1.00 bits per heavy atom. The molecule has 28 heavy (non-hydrogen) atoms. The monoisotopic (exact) mass is 372 g/mol. The number of non-ortho nitro benzene ring substituents is 1. The van der Waals surface area contributed by atoms with Crippen molar-refractivity contribution in [2.45, 2.75) is 6.92 Å². The van der Waals surface area contributed by atoms with E-state index >= 15 is 0 Å². The van der Waals surface area contributed by atoms with E-state index in [0.29, 0.717) is 22.6 Å². The van der Waals surface area contributed by atoms with Gasteiger partial charge < -0.3 is 9.73 Å². The fourth-order valence-corrected chi connectivity index (χ4v) is 3.16. The van der Waals surface area contributed by atoms with Gasteiger partial charge in [0.15, 0.2) is 5.76 Å². The van der Waals surface area contributed by atoms with E-state index in [-0.39, 0.29) is 17.4 Å². The highest BCUT2D eigenvalue weighted by Gasteiger charge is 2.16. The molecule has 0 bridgehead atoms. The topological polar surface area (TPSA) is 85.4 Å². The maximum Gasteiger partial charge on any atom is 0.291 e. The standard InChI is InChI=1S/C22H16N2O4/c1-14-13-16(24(26)27)9-10-17(14)20-11-12-21(28-20)22(25)23-19-8-4-6-15-5-2-3-7-18(15)19/h2-13H,1H3,(H,23,25). The van der Waals surface area contributed by atoms with Crippen molar-refractivity contribution in [1.29, 1.82) is 0 Å². The molecule has 1 aromatic heterocycles. The van der Waals surface area contributed by atoms with Crippen LogP contribution in [0.5, 0.6) is 0 Å². The molecule has 0 atom stereocenters. The number of aryl methyl sites for hydroxylation is 1. The van der Waals surface area contributed by atoms with Crippen molar-refractivity contribution in [1.82, 2.24) is 0 Å². The van der Waals surface area contributed by atoms with Crippen LogP contribution in [0.4, 0.5) is 11.4 Å². The molecule has 1 heterocycles. The van der Waals surface area contributed by atoms with Crippen LogP contribution in [-0.2, 0) is 0 Å². The number of anilines is 1. The van der Waals surface area contributed by atoms with Gasteiger partial charge in [0.25, 0.3) is 11.6 Å². The minimum absolute atomic E-state index is 0.0155. The maximum atomic E-state index is 12.6. The van der Waals surface area contributed by atoms with Gasteiger partial charge >= 0.3 is 0 Å². The summed E-state index contributed by atoms with van der Waals surface area (Å²) in [6, 6.07) is 21.3. The molecule has 0 aliphatic rings. The second-order valence-corrected chi connectivity index (χ2v) is 6.40. The summed E-state index contributed by atoms with van der Waals surface area (Å²) in [4.78, 5) is 23.1. The van der Waals surface area contributed by atoms with Gasteiger partial charge in [0.05, 0.1) is 4.92 Å². The van der Waals surface area contributed by atoms with Crippen LogP contribution in [0.2, 0.25) is 0 Å². The van der Waals surface area contributed by atoms with E-state index in [1.807, 2.05) is 42.5 Å². The third kappa shape index (κ3) is 3.23. The summed E-state index contributed by atoms with van der Waals surface area (Å²) >= 11 is 0. The molecule has 0 spiro atoms. The molecular formula is C22H16N2O4. The Kier molecular flexibility index (Phi) is 4.37. The highest BCUT2D eigenvalue weighted by atomic mass is 16.6. The summed E-state index contributed by atoms with van der Waals surface area (Å²) in [6.45, 7) is 1.76. The van der Waals surface area contributed by atoms with Gasteiger partial charge in [-0.25, -0.2) is 0 Å². The first-order valence-electron chi connectivity index (χ1n) is 8.67. The molecule has 4 rings (SSSR count). The average Bonchev–Trinajstić information content (AvgIpc) is 3.18. The number of nitrogens with zero attached hydrogens (tertiary/aromatic N) is 1. The average molecular weight is 372 g/mol. The quantitative estimate of drug-likeness (QED) is 0.375. The smallest absolute Gasteiger partial charge is 0.291 e. The van der Waals surface area contributed by atoms with Crippen LogP contribution >= 0.6 is 0 Å². The van der Waals surface area contributed by atoms with Crippen molar-refractivity contribution < 1.29 is 14.1 Å². The first-order valence-corrected chi connectivity index (χ1v) is 8.67. The van der Waals surface area contributed by atoms with Crippen LogP contribution in [0, 0.1) is 17.0 Å². The zero-order valence-electron chi connectivity index (χ0n) is 15.0. The van der Waals surface area contributed by atoms with Crippen LogP contribution in [0.3, 0.4) is 0 Å². The Balaban J connectivity index is 1.61. The number of furan rings is 1. The first-order chi connectivity index (χ1) is 13.5. The number of carbonyl (C=O) groups is 1. The number of fused-ring (bicyclic) bond motifs is 1. The van der Waals surface area contributed by atoms with E-state index < -0.39 is 4.92 Å². The van der Waals surface area contributed by atoms with Crippen LogP contribution in [0.25, 0.3) is 22.1 Å². The molecule has 0 aliphatic heterocycles. The van der Waals surface area contributed by atoms with Gasteiger partial charge in [-0.2, -0.15) is 0 Å². The molecular weight excluding hydrogens is 356 g/mol. The van der Waals surface area contributed by atoms with E-state index in [2.05, 4.69) is 5.32 Å². The van der Waals surface area contributed by atoms with E-state index in [0.717, 1.165) is 10.8 Å². The minimum Gasteiger partial charge on any atom is -0.451 e. The van der Waals surface area contributed by atoms with Gasteiger partial charge in [0.2, 0.25) is 0 Å². The third-order valence-corrected chi connectivity index (χ3v) is 4.55. The number of rotatable bonds is 4. The van der Waals surface area contributed by atoms with Gasteiger partial charge in [0.1, 0.15) is 5.76 Å². The molecule has 1 amide bonds. The van der Waals surface area contributed by atoms with Gasteiger partial charge in [-0.1, -0.05) is 36.4 Å². The molecule has 3 aromatic carbocycles. The summed E-state index contributed by atoms with van der Waals surface area (Å²) in [5, 5.41) is 15.7. The number of nitro groups is 1. The van der Waals surface area contributed by atoms with E-state index in [4.69, 9.17) is 4.42 Å². The number of hydrogen-bond acceptors (Lipinski definition) is 4. The molecule has 0 saturated carbocycles. The fraction of sp³-hybridized carbons (Fsp3) is 0.0455. The highest BCUT2D eigenvalue weighted by Crippen LogP contribution is 2.29. The minimum atomic E-state index is -0.442. The zero-order valence-corrected chi connectivity index (χ0v) is 15.0. The Hall–Kier alpha value is -3.93. The number of benzene rings is 3. The summed E-state index contributed by atoms with van der Waals surface area (Å²) in [5.41, 5.74) is 2.12. The Morgan fingerprint density at radius 2 is 1.79 bits per heavy atom. The van der Waals surface area contributed by atoms with E-state index in [1.54, 1.807) is 25.1 Å². The lowest BCUT2D eigenvalue weighted by molar-refractivity contribution is -0.384. The Morgan fingerprint density at radius 3 is 2.57 bits per heavy atom. The van der Waals surface area contributed by atoms with Gasteiger partial charge in [-0.3, -0.25) is 14.9 Å². The number of nitrogens with one attached hydrogen (secondary N) is 1. The van der Waals surface area contributed by atoms with Crippen molar-refractivity contribution >= 4 is 28.1 Å². The molecule has 0 radical (unpaired) electrons. The summed E-state index contributed by atoms with van der Waals surface area (Å²) < 4.78 is 5.72. The molecule has 138 valence electrons. The highest BCUT2D eigenvalue weighted by molar-refractivity contribution is 6.08. The van der Waals surface area contributed by atoms with Gasteiger partial charge in [0, 0.05) is 28.8 Å². The predicted octanol–water partition coefficient (Wildman–Crippen LogP) is 5.57. The maximum absolute atomic E-state index is 12.6. The number of hydrogen-bond donors (Lipinski definition) is 1. The second-order valence-electron chi connectivity index (χ2n) is 6.40. The molecule has 0 unspecified atom stereocenters. The number of amides is 1. The van der Waals surface area contributed by atoms with Crippen molar-refractivity contribution in [2.24, 2.45) is 0 Å². The SMILES string of the molecule is Cc1cc([N+](=O)[O-])ccc1-c1ccc(C(=O)Nc2cccc3ccccc23)o1. The Labute approximate surface area is 160 Å². The molecule has 4 aromatic rings. The fourth-order valence-electron chi connectivity index (χ4n) is 3.16. The van der Waals surface area contributed by atoms with Crippen molar-refractivity contribution in [3.63, 3.8) is 0 Å². The molecule has 6 nitrogen and oxygen atoms in total. The molecule has 0 aliphatic carbocycles. The van der Waals surface area contributed by atoms with E-state index in [1.165, 1.54) is 12.1 Å². The molecule has 0 saturated heterocycles. The predicted molar refractivity (Wildman–Crippen MR) is 107 cm³/mol. The van der Waals surface area contributed by atoms with Crippen molar-refractivity contribution in [2.75, 3.05) is 5.32 Å². The lowest BCUT2D eigenvalue weighted by Crippen LogP contribution is -2.11. The molecule has 0 fully saturated rings.